The lowest BCUT2D eigenvalue weighted by atomic mass is 9.89. The Balaban J connectivity index is 1.82. The number of benzene rings is 1. The van der Waals surface area contributed by atoms with Gasteiger partial charge >= 0.3 is 0 Å². The van der Waals surface area contributed by atoms with Gasteiger partial charge in [0.2, 0.25) is 5.91 Å². The molecule has 0 bridgehead atoms. The molecule has 2 rings (SSSR count). The topological polar surface area (TPSA) is 40.5 Å². The molecule has 1 N–H and O–H groups in total. The molecule has 1 aliphatic rings. The first-order valence-electron chi connectivity index (χ1n) is 6.87. The molecule has 1 saturated heterocycles. The van der Waals surface area contributed by atoms with Gasteiger partial charge in [-0.1, -0.05) is 42.6 Å². The maximum absolute atomic E-state index is 12.0. The highest BCUT2D eigenvalue weighted by molar-refractivity contribution is 6.35. The number of halogens is 2. The van der Waals surface area contributed by atoms with E-state index in [1.165, 1.54) is 0 Å². The number of amides is 1. The van der Waals surface area contributed by atoms with E-state index in [1.807, 2.05) is 13.0 Å². The lowest BCUT2D eigenvalue weighted by Gasteiger charge is -2.46. The summed E-state index contributed by atoms with van der Waals surface area (Å²) in [5.74, 6) is 0.0665. The van der Waals surface area contributed by atoms with E-state index in [0.29, 0.717) is 36.0 Å². The van der Waals surface area contributed by atoms with Crippen molar-refractivity contribution in [3.05, 3.63) is 33.8 Å². The van der Waals surface area contributed by atoms with Gasteiger partial charge in [-0.15, -0.1) is 0 Å². The van der Waals surface area contributed by atoms with Gasteiger partial charge in [0, 0.05) is 16.5 Å². The van der Waals surface area contributed by atoms with E-state index in [4.69, 9.17) is 23.2 Å². The third kappa shape index (κ3) is 3.66. The van der Waals surface area contributed by atoms with Gasteiger partial charge in [0.25, 0.3) is 0 Å². The molecule has 20 heavy (non-hydrogen) atoms. The van der Waals surface area contributed by atoms with Gasteiger partial charge in [-0.2, -0.15) is 0 Å². The second-order valence-electron chi connectivity index (χ2n) is 5.46. The minimum absolute atomic E-state index is 0.0665. The van der Waals surface area contributed by atoms with Crippen LogP contribution in [0.25, 0.3) is 0 Å². The predicted octanol–water partition coefficient (Wildman–Crippen LogP) is 3.30. The Bertz CT molecular complexity index is 499. The second kappa shape index (κ2) is 6.33. The van der Waals surface area contributed by atoms with Crippen LogP contribution >= 0.6 is 23.2 Å². The van der Waals surface area contributed by atoms with E-state index >= 15 is 0 Å². The van der Waals surface area contributed by atoms with E-state index in [1.54, 1.807) is 17.0 Å². The zero-order valence-corrected chi connectivity index (χ0v) is 13.0. The van der Waals surface area contributed by atoms with Crippen LogP contribution in [0.4, 0.5) is 0 Å². The van der Waals surface area contributed by atoms with Crippen LogP contribution in [-0.4, -0.2) is 34.6 Å². The number of nitrogens with zero attached hydrogens (tertiary/aromatic N) is 1. The molecule has 0 spiro atoms. The third-order valence-electron chi connectivity index (χ3n) is 3.66. The number of rotatable bonds is 5. The Morgan fingerprint density at radius 2 is 2.10 bits per heavy atom. The predicted molar refractivity (Wildman–Crippen MR) is 81.2 cm³/mol. The fourth-order valence-electron chi connectivity index (χ4n) is 2.59. The fraction of sp³-hybridized carbons (Fsp3) is 0.533. The molecule has 1 aromatic carbocycles. The minimum atomic E-state index is -0.664. The van der Waals surface area contributed by atoms with Crippen molar-refractivity contribution >= 4 is 29.1 Å². The standard InChI is InChI=1S/C15H19Cl2NO2/c1-2-7-15(20)9-18(10-15)14(19)6-4-11-3-5-12(16)8-13(11)17/h3,5,8,20H,2,4,6-7,9-10H2,1H3. The Morgan fingerprint density at radius 1 is 1.40 bits per heavy atom. The zero-order chi connectivity index (χ0) is 14.8. The number of carbonyl (C=O) groups is 1. The molecule has 3 nitrogen and oxygen atoms in total. The summed E-state index contributed by atoms with van der Waals surface area (Å²) in [7, 11) is 0. The SMILES string of the molecule is CCCC1(O)CN(C(=O)CCc2ccc(Cl)cc2Cl)C1. The van der Waals surface area contributed by atoms with Crippen molar-refractivity contribution in [1.82, 2.24) is 4.90 Å². The number of hydrogen-bond acceptors (Lipinski definition) is 2. The maximum atomic E-state index is 12.0. The molecule has 1 heterocycles. The van der Waals surface area contributed by atoms with Crippen molar-refractivity contribution in [2.24, 2.45) is 0 Å². The molecular weight excluding hydrogens is 297 g/mol. The van der Waals surface area contributed by atoms with Crippen molar-refractivity contribution in [2.75, 3.05) is 13.1 Å². The van der Waals surface area contributed by atoms with Gasteiger partial charge in [-0.3, -0.25) is 4.79 Å². The molecule has 110 valence electrons. The van der Waals surface area contributed by atoms with Crippen molar-refractivity contribution < 1.29 is 9.90 Å². The maximum Gasteiger partial charge on any atom is 0.223 e. The van der Waals surface area contributed by atoms with Crippen molar-refractivity contribution in [3.8, 4) is 0 Å². The molecule has 1 amide bonds. The monoisotopic (exact) mass is 315 g/mol. The fourth-order valence-corrected chi connectivity index (χ4v) is 3.09. The number of β-amino-alcohol motifs (C(OH)–C–C–N with tert-alkyl or cyclic N) is 1. The van der Waals surface area contributed by atoms with Crippen molar-refractivity contribution in [1.29, 1.82) is 0 Å². The number of aryl methyl sites for hydroxylation is 1. The molecule has 1 fully saturated rings. The Morgan fingerprint density at radius 3 is 2.70 bits per heavy atom. The summed E-state index contributed by atoms with van der Waals surface area (Å²) in [4.78, 5) is 13.7. The summed E-state index contributed by atoms with van der Waals surface area (Å²) in [6.07, 6.45) is 2.68. The van der Waals surface area contributed by atoms with Crippen LogP contribution < -0.4 is 0 Å². The summed E-state index contributed by atoms with van der Waals surface area (Å²) in [5, 5.41) is 11.2. The van der Waals surface area contributed by atoms with Gasteiger partial charge < -0.3 is 10.0 Å². The van der Waals surface area contributed by atoms with Crippen LogP contribution in [0.5, 0.6) is 0 Å². The van der Waals surface area contributed by atoms with Crippen LogP contribution in [0.1, 0.15) is 31.7 Å². The lowest BCUT2D eigenvalue weighted by Crippen LogP contribution is -2.63. The summed E-state index contributed by atoms with van der Waals surface area (Å²) >= 11 is 11.9. The molecule has 0 saturated carbocycles. The number of likely N-dealkylation sites (tertiary alicyclic amines) is 1. The summed E-state index contributed by atoms with van der Waals surface area (Å²) in [6, 6.07) is 5.31. The molecule has 0 unspecified atom stereocenters. The van der Waals surface area contributed by atoms with Gasteiger partial charge in [0.05, 0.1) is 18.7 Å². The quantitative estimate of drug-likeness (QED) is 0.905. The Hall–Kier alpha value is -0.770. The molecule has 1 aromatic rings. The largest absolute Gasteiger partial charge is 0.386 e. The van der Waals surface area contributed by atoms with Crippen LogP contribution in [0, 0.1) is 0 Å². The number of aliphatic hydroxyl groups is 1. The average molecular weight is 316 g/mol. The first kappa shape index (κ1) is 15.6. The molecule has 0 aliphatic carbocycles. The van der Waals surface area contributed by atoms with Crippen LogP contribution in [0.3, 0.4) is 0 Å². The highest BCUT2D eigenvalue weighted by atomic mass is 35.5. The van der Waals surface area contributed by atoms with Crippen LogP contribution in [0.15, 0.2) is 18.2 Å². The van der Waals surface area contributed by atoms with E-state index in [2.05, 4.69) is 0 Å². The Labute approximate surface area is 129 Å². The van der Waals surface area contributed by atoms with Crippen LogP contribution in [0.2, 0.25) is 10.0 Å². The first-order chi connectivity index (χ1) is 9.43. The molecule has 0 aromatic heterocycles. The van der Waals surface area contributed by atoms with E-state index in [9.17, 15) is 9.90 Å². The number of carbonyl (C=O) groups excluding carboxylic acids is 1. The second-order valence-corrected chi connectivity index (χ2v) is 6.30. The first-order valence-corrected chi connectivity index (χ1v) is 7.63. The highest BCUT2D eigenvalue weighted by Gasteiger charge is 2.42. The lowest BCUT2D eigenvalue weighted by molar-refractivity contribution is -0.156. The summed E-state index contributed by atoms with van der Waals surface area (Å²) in [6.45, 7) is 2.94. The van der Waals surface area contributed by atoms with Crippen LogP contribution in [-0.2, 0) is 11.2 Å². The van der Waals surface area contributed by atoms with Crippen molar-refractivity contribution in [3.63, 3.8) is 0 Å². The van der Waals surface area contributed by atoms with E-state index in [0.717, 1.165) is 18.4 Å². The molecule has 0 radical (unpaired) electrons. The zero-order valence-electron chi connectivity index (χ0n) is 11.5. The molecule has 1 aliphatic heterocycles. The van der Waals surface area contributed by atoms with Gasteiger partial charge in [-0.05, 0) is 30.5 Å². The summed E-state index contributed by atoms with van der Waals surface area (Å²) in [5.41, 5.74) is 0.260. The molecular formula is C15H19Cl2NO2. The molecule has 5 heteroatoms. The van der Waals surface area contributed by atoms with Gasteiger partial charge in [0.15, 0.2) is 0 Å². The highest BCUT2D eigenvalue weighted by Crippen LogP contribution is 2.27. The number of hydrogen-bond donors (Lipinski definition) is 1. The smallest absolute Gasteiger partial charge is 0.223 e. The average Bonchev–Trinajstić information content (AvgIpc) is 2.34. The van der Waals surface area contributed by atoms with E-state index < -0.39 is 5.60 Å². The Kier molecular flexibility index (Phi) is 4.95. The van der Waals surface area contributed by atoms with Crippen molar-refractivity contribution in [2.45, 2.75) is 38.2 Å². The molecule has 0 atom stereocenters. The summed E-state index contributed by atoms with van der Waals surface area (Å²) < 4.78 is 0. The minimum Gasteiger partial charge on any atom is -0.386 e. The van der Waals surface area contributed by atoms with Gasteiger partial charge in [0.1, 0.15) is 0 Å². The normalized spacial score (nSPS) is 16.9. The third-order valence-corrected chi connectivity index (χ3v) is 4.25. The van der Waals surface area contributed by atoms with Gasteiger partial charge in [-0.25, -0.2) is 0 Å². The van der Waals surface area contributed by atoms with E-state index in [-0.39, 0.29) is 5.91 Å².